The summed E-state index contributed by atoms with van der Waals surface area (Å²) in [5.74, 6) is -2.81. The van der Waals surface area contributed by atoms with Crippen LogP contribution in [0.25, 0.3) is 0 Å². The van der Waals surface area contributed by atoms with E-state index in [1.165, 1.54) is 0 Å². The van der Waals surface area contributed by atoms with Gasteiger partial charge < -0.3 is 9.79 Å². The molecule has 2 N–H and O–H groups in total. The highest BCUT2D eigenvalue weighted by molar-refractivity contribution is 7.58. The highest BCUT2D eigenvalue weighted by Gasteiger charge is 2.57. The number of carbonyl (C=O) groups excluding carboxylic acids is 2. The number of hydrogen-bond acceptors (Lipinski definition) is 3. The van der Waals surface area contributed by atoms with Gasteiger partial charge in [0.05, 0.1) is 6.54 Å². The van der Waals surface area contributed by atoms with Crippen molar-refractivity contribution in [3.8, 4) is 0 Å². The second-order valence-electron chi connectivity index (χ2n) is 2.80. The molecule has 0 saturated heterocycles. The first-order valence-electron chi connectivity index (χ1n) is 3.72. The normalized spacial score (nSPS) is 13.3. The van der Waals surface area contributed by atoms with Crippen molar-refractivity contribution in [2.45, 2.75) is 10.4 Å². The zero-order chi connectivity index (χ0) is 14.9. The van der Waals surface area contributed by atoms with Gasteiger partial charge in [-0.3, -0.25) is 19.1 Å². The molecule has 0 aromatic rings. The molecule has 0 aromatic carbocycles. The molecule has 0 aliphatic rings. The van der Waals surface area contributed by atoms with Gasteiger partial charge in [0, 0.05) is 0 Å². The molecule has 0 aromatic heterocycles. The van der Waals surface area contributed by atoms with Gasteiger partial charge in [0.15, 0.2) is 0 Å². The van der Waals surface area contributed by atoms with Crippen molar-refractivity contribution in [1.29, 1.82) is 0 Å². The Labute approximate surface area is 113 Å². The van der Waals surface area contributed by atoms with E-state index in [1.54, 1.807) is 0 Å². The maximum Gasteiger partial charge on any atom is 0.471 e. The lowest BCUT2D eigenvalue weighted by Gasteiger charge is -2.33. The van der Waals surface area contributed by atoms with Crippen LogP contribution in [0.15, 0.2) is 0 Å². The van der Waals surface area contributed by atoms with Gasteiger partial charge in [0.2, 0.25) is 5.24 Å². The Morgan fingerprint density at radius 1 is 1.22 bits per heavy atom. The predicted octanol–water partition coefficient (Wildman–Crippen LogP) is 1.41. The van der Waals surface area contributed by atoms with Gasteiger partial charge in [0.1, 0.15) is 0 Å². The van der Waals surface area contributed by atoms with Gasteiger partial charge in [-0.2, -0.15) is 13.2 Å². The van der Waals surface area contributed by atoms with Gasteiger partial charge in [-0.15, -0.1) is 0 Å². The molecule has 6 nitrogen and oxygen atoms in total. The minimum atomic E-state index is -5.58. The van der Waals surface area contributed by atoms with Crippen LogP contribution >= 0.6 is 42.4 Å². The van der Waals surface area contributed by atoms with Crippen molar-refractivity contribution in [2.24, 2.45) is 0 Å². The molecular formula is C5H4Cl3F3NO5P. The van der Waals surface area contributed by atoms with Crippen LogP contribution < -0.4 is 0 Å². The number of rotatable bonds is 4. The van der Waals surface area contributed by atoms with Crippen molar-refractivity contribution in [2.75, 3.05) is 6.54 Å². The van der Waals surface area contributed by atoms with Crippen molar-refractivity contribution in [3.63, 3.8) is 0 Å². The summed E-state index contributed by atoms with van der Waals surface area (Å²) < 4.78 is 43.7. The molecule has 106 valence electrons. The average molecular weight is 352 g/mol. The highest BCUT2D eigenvalue weighted by atomic mass is 35.5. The topological polar surface area (TPSA) is 94.9 Å². The van der Waals surface area contributed by atoms with Gasteiger partial charge in [-0.05, 0) is 11.6 Å². The Morgan fingerprint density at radius 3 is 1.83 bits per heavy atom. The predicted molar refractivity (Wildman–Crippen MR) is 55.1 cm³/mol. The first-order valence-corrected chi connectivity index (χ1v) is 6.46. The van der Waals surface area contributed by atoms with Crippen molar-refractivity contribution in [3.05, 3.63) is 0 Å². The summed E-state index contributed by atoms with van der Waals surface area (Å²) in [5, 5.41) is -1.52. The summed E-state index contributed by atoms with van der Waals surface area (Å²) >= 11 is 14.8. The quantitative estimate of drug-likeness (QED) is 0.345. The Morgan fingerprint density at radius 2 is 1.61 bits per heavy atom. The third-order valence-electron chi connectivity index (χ3n) is 1.45. The van der Waals surface area contributed by atoms with Gasteiger partial charge >= 0.3 is 19.7 Å². The van der Waals surface area contributed by atoms with Crippen LogP contribution in [0.1, 0.15) is 0 Å². The first kappa shape index (κ1) is 17.9. The van der Waals surface area contributed by atoms with E-state index in [0.29, 0.717) is 0 Å². The van der Waals surface area contributed by atoms with Crippen LogP contribution in [0.2, 0.25) is 0 Å². The summed E-state index contributed by atoms with van der Waals surface area (Å²) in [6.07, 6.45) is -5.55. The molecular weight excluding hydrogens is 348 g/mol. The van der Waals surface area contributed by atoms with Gasteiger partial charge in [0.25, 0.3) is 4.20 Å². The summed E-state index contributed by atoms with van der Waals surface area (Å²) in [4.78, 5) is 38.0. The molecule has 1 amide bonds. The number of amides is 1. The molecule has 0 unspecified atom stereocenters. The molecule has 0 heterocycles. The number of hydrogen-bond donors (Lipinski definition) is 2. The molecule has 0 rings (SSSR count). The molecule has 0 atom stereocenters. The summed E-state index contributed by atoms with van der Waals surface area (Å²) in [6, 6.07) is 0. The van der Waals surface area contributed by atoms with Crippen molar-refractivity contribution < 1.29 is 37.1 Å². The lowest BCUT2D eigenvalue weighted by atomic mass is 10.5. The molecule has 0 bridgehead atoms. The number of carbonyl (C=O) groups is 2. The number of alkyl halides is 5. The molecule has 13 heteroatoms. The second kappa shape index (κ2) is 5.52. The Hall–Kier alpha value is -0.0500. The minimum Gasteiger partial charge on any atom is -0.321 e. The van der Waals surface area contributed by atoms with E-state index in [-0.39, 0.29) is 0 Å². The third-order valence-corrected chi connectivity index (χ3v) is 4.24. The second-order valence-corrected chi connectivity index (χ2v) is 6.77. The van der Waals surface area contributed by atoms with Crippen LogP contribution in [0.3, 0.4) is 0 Å². The molecule has 18 heavy (non-hydrogen) atoms. The van der Waals surface area contributed by atoms with Gasteiger partial charge in [-0.1, -0.05) is 23.2 Å². The van der Waals surface area contributed by atoms with Crippen molar-refractivity contribution in [1.82, 2.24) is 4.90 Å². The van der Waals surface area contributed by atoms with Crippen LogP contribution in [-0.4, -0.2) is 42.8 Å². The fourth-order valence-electron chi connectivity index (χ4n) is 0.724. The standard InChI is InChI=1S/C5H4Cl3F3NO5P/c6-2(13)1-12(3(14)4(9,10)11)5(7,8)18(15,16)17/h1H2,(H2,15,16,17). The molecule has 0 aliphatic heterocycles. The molecule has 0 fully saturated rings. The van der Waals surface area contributed by atoms with Crippen molar-refractivity contribution >= 4 is 53.5 Å². The lowest BCUT2D eigenvalue weighted by Crippen LogP contribution is -2.51. The Balaban J connectivity index is 5.59. The fourth-order valence-corrected chi connectivity index (χ4v) is 1.59. The maximum atomic E-state index is 12.2. The Bertz CT molecular complexity index is 408. The van der Waals surface area contributed by atoms with E-state index in [0.717, 1.165) is 0 Å². The number of nitrogens with zero attached hydrogens (tertiary/aromatic N) is 1. The van der Waals surface area contributed by atoms with Crippen LogP contribution in [0.5, 0.6) is 0 Å². The van der Waals surface area contributed by atoms with Crippen LogP contribution in [-0.2, 0) is 14.2 Å². The molecule has 0 saturated carbocycles. The zero-order valence-electron chi connectivity index (χ0n) is 7.99. The average Bonchev–Trinajstić information content (AvgIpc) is 2.09. The summed E-state index contributed by atoms with van der Waals surface area (Å²) in [6.45, 7) is -1.53. The van der Waals surface area contributed by atoms with E-state index in [4.69, 9.17) is 44.6 Å². The maximum absolute atomic E-state index is 12.2. The zero-order valence-corrected chi connectivity index (χ0v) is 11.2. The van der Waals surface area contributed by atoms with E-state index in [2.05, 4.69) is 0 Å². The van der Waals surface area contributed by atoms with Gasteiger partial charge in [-0.25, -0.2) is 0 Å². The SMILES string of the molecule is O=C(Cl)CN(C(=O)C(F)(F)F)C(Cl)(Cl)P(=O)(O)O. The molecule has 0 radical (unpaired) electrons. The number of halogens is 6. The van der Waals surface area contributed by atoms with E-state index in [9.17, 15) is 27.3 Å². The van der Waals surface area contributed by atoms with Crippen LogP contribution in [0.4, 0.5) is 13.2 Å². The largest absolute Gasteiger partial charge is 0.471 e. The monoisotopic (exact) mass is 351 g/mol. The minimum absolute atomic E-state index is 0.758. The smallest absolute Gasteiger partial charge is 0.321 e. The Kier molecular flexibility index (Phi) is 5.50. The fraction of sp³-hybridized carbons (Fsp3) is 0.600. The third kappa shape index (κ3) is 4.25. The lowest BCUT2D eigenvalue weighted by molar-refractivity contribution is -0.186. The molecule has 0 spiro atoms. The highest BCUT2D eigenvalue weighted by Crippen LogP contribution is 2.58. The van der Waals surface area contributed by atoms with E-state index < -0.39 is 40.6 Å². The first-order chi connectivity index (χ1) is 7.71. The summed E-state index contributed by atoms with van der Waals surface area (Å²) in [7, 11) is -5.58. The van der Waals surface area contributed by atoms with Crippen LogP contribution in [0, 0.1) is 0 Å². The van der Waals surface area contributed by atoms with E-state index in [1.807, 2.05) is 0 Å². The molecule has 0 aliphatic carbocycles. The summed E-state index contributed by atoms with van der Waals surface area (Å²) in [5.41, 5.74) is 0. The van der Waals surface area contributed by atoms with E-state index >= 15 is 0 Å².